The van der Waals surface area contributed by atoms with E-state index in [0.29, 0.717) is 6.04 Å². The van der Waals surface area contributed by atoms with Crippen LogP contribution >= 0.6 is 0 Å². The van der Waals surface area contributed by atoms with Crippen molar-refractivity contribution >= 4 is 0 Å². The van der Waals surface area contributed by atoms with Gasteiger partial charge in [-0.25, -0.2) is 0 Å². The summed E-state index contributed by atoms with van der Waals surface area (Å²) >= 11 is 0. The van der Waals surface area contributed by atoms with Gasteiger partial charge >= 0.3 is 0 Å². The van der Waals surface area contributed by atoms with Crippen LogP contribution in [-0.4, -0.2) is 24.5 Å². The zero-order valence-electron chi connectivity index (χ0n) is 9.39. The molecule has 1 fully saturated rings. The van der Waals surface area contributed by atoms with Crippen molar-refractivity contribution in [3.05, 3.63) is 35.9 Å². The summed E-state index contributed by atoms with van der Waals surface area (Å²) in [6, 6.07) is 10.9. The lowest BCUT2D eigenvalue weighted by Gasteiger charge is -2.21. The maximum atomic E-state index is 6.09. The normalized spacial score (nSPS) is 18.1. The fraction of sp³-hybridized carbons (Fsp3) is 0.538. The van der Waals surface area contributed by atoms with E-state index in [4.69, 9.17) is 5.73 Å². The average molecular weight is 204 g/mol. The van der Waals surface area contributed by atoms with E-state index in [0.717, 1.165) is 19.0 Å². The molecule has 2 N–H and O–H groups in total. The van der Waals surface area contributed by atoms with Gasteiger partial charge in [-0.2, -0.15) is 0 Å². The second-order valence-electron chi connectivity index (χ2n) is 4.68. The first-order chi connectivity index (χ1) is 7.25. The Kier molecular flexibility index (Phi) is 3.39. The topological polar surface area (TPSA) is 29.3 Å². The van der Waals surface area contributed by atoms with E-state index in [2.05, 4.69) is 42.3 Å². The predicted molar refractivity (Wildman–Crippen MR) is 63.5 cm³/mol. The van der Waals surface area contributed by atoms with Gasteiger partial charge in [-0.3, -0.25) is 0 Å². The van der Waals surface area contributed by atoms with Gasteiger partial charge in [0.15, 0.2) is 0 Å². The molecule has 1 aliphatic carbocycles. The Morgan fingerprint density at radius 2 is 2.00 bits per heavy atom. The molecule has 2 heteroatoms. The average Bonchev–Trinajstić information content (AvgIpc) is 3.01. The van der Waals surface area contributed by atoms with Crippen LogP contribution in [0.1, 0.15) is 18.4 Å². The zero-order valence-corrected chi connectivity index (χ0v) is 9.39. The van der Waals surface area contributed by atoms with E-state index in [9.17, 15) is 0 Å². The molecular weight excluding hydrogens is 184 g/mol. The molecular formula is C13H20N2. The largest absolute Gasteiger partial charge is 0.326 e. The Bertz CT molecular complexity index is 293. The van der Waals surface area contributed by atoms with Crippen LogP contribution < -0.4 is 5.73 Å². The molecule has 0 spiro atoms. The fourth-order valence-electron chi connectivity index (χ4n) is 1.99. The maximum absolute atomic E-state index is 6.09. The number of likely N-dealkylation sites (N-methyl/N-ethyl adjacent to an activating group) is 1. The van der Waals surface area contributed by atoms with E-state index in [-0.39, 0.29) is 0 Å². The molecule has 0 aromatic heterocycles. The van der Waals surface area contributed by atoms with Gasteiger partial charge in [0.2, 0.25) is 0 Å². The molecule has 0 bridgehead atoms. The van der Waals surface area contributed by atoms with Crippen LogP contribution in [0, 0.1) is 5.92 Å². The Morgan fingerprint density at radius 3 is 2.60 bits per heavy atom. The molecule has 1 unspecified atom stereocenters. The number of nitrogens with two attached hydrogens (primary N) is 1. The number of hydrogen-bond acceptors (Lipinski definition) is 2. The van der Waals surface area contributed by atoms with Crippen molar-refractivity contribution in [2.45, 2.75) is 25.4 Å². The molecule has 0 amide bonds. The summed E-state index contributed by atoms with van der Waals surface area (Å²) in [5.74, 6) is 0.795. The molecule has 1 aliphatic rings. The zero-order chi connectivity index (χ0) is 10.7. The third kappa shape index (κ3) is 3.33. The van der Waals surface area contributed by atoms with Gasteiger partial charge in [0.1, 0.15) is 0 Å². The SMILES string of the molecule is CN(Cc1ccccc1)CC(N)C1CC1. The van der Waals surface area contributed by atoms with Crippen molar-refractivity contribution in [3.63, 3.8) is 0 Å². The molecule has 0 radical (unpaired) electrons. The van der Waals surface area contributed by atoms with Crippen LogP contribution in [0.15, 0.2) is 30.3 Å². The van der Waals surface area contributed by atoms with Crippen molar-refractivity contribution in [2.24, 2.45) is 11.7 Å². The van der Waals surface area contributed by atoms with E-state index in [1.165, 1.54) is 18.4 Å². The molecule has 1 atom stereocenters. The molecule has 0 aliphatic heterocycles. The van der Waals surface area contributed by atoms with Crippen molar-refractivity contribution in [1.82, 2.24) is 4.90 Å². The summed E-state index contributed by atoms with van der Waals surface area (Å²) < 4.78 is 0. The summed E-state index contributed by atoms with van der Waals surface area (Å²) in [6.07, 6.45) is 2.67. The van der Waals surface area contributed by atoms with E-state index >= 15 is 0 Å². The summed E-state index contributed by atoms with van der Waals surface area (Å²) in [5, 5.41) is 0. The van der Waals surface area contributed by atoms with Crippen molar-refractivity contribution < 1.29 is 0 Å². The van der Waals surface area contributed by atoms with Gasteiger partial charge in [0.05, 0.1) is 0 Å². The van der Waals surface area contributed by atoms with Crippen molar-refractivity contribution in [2.75, 3.05) is 13.6 Å². The van der Waals surface area contributed by atoms with Crippen LogP contribution in [-0.2, 0) is 6.54 Å². The predicted octanol–water partition coefficient (Wildman–Crippen LogP) is 1.86. The van der Waals surface area contributed by atoms with Gasteiger partial charge in [0, 0.05) is 19.1 Å². The lowest BCUT2D eigenvalue weighted by Crippen LogP contribution is -2.36. The first-order valence-electron chi connectivity index (χ1n) is 5.74. The van der Waals surface area contributed by atoms with Crippen molar-refractivity contribution in [1.29, 1.82) is 0 Å². The minimum absolute atomic E-state index is 0.374. The second-order valence-corrected chi connectivity index (χ2v) is 4.68. The summed E-state index contributed by atoms with van der Waals surface area (Å²) in [5.41, 5.74) is 7.46. The Morgan fingerprint density at radius 1 is 1.33 bits per heavy atom. The summed E-state index contributed by atoms with van der Waals surface area (Å²) in [7, 11) is 2.15. The number of rotatable bonds is 5. The van der Waals surface area contributed by atoms with Crippen LogP contribution in [0.2, 0.25) is 0 Å². The highest BCUT2D eigenvalue weighted by atomic mass is 15.1. The number of benzene rings is 1. The molecule has 2 rings (SSSR count). The molecule has 2 nitrogen and oxygen atoms in total. The molecule has 0 heterocycles. The van der Waals surface area contributed by atoms with Crippen LogP contribution in [0.4, 0.5) is 0 Å². The van der Waals surface area contributed by atoms with Gasteiger partial charge in [-0.05, 0) is 31.4 Å². The quantitative estimate of drug-likeness (QED) is 0.793. The highest BCUT2D eigenvalue weighted by Crippen LogP contribution is 2.31. The Labute approximate surface area is 92.1 Å². The molecule has 1 aromatic carbocycles. The fourth-order valence-corrected chi connectivity index (χ4v) is 1.99. The molecule has 15 heavy (non-hydrogen) atoms. The van der Waals surface area contributed by atoms with Gasteiger partial charge in [-0.1, -0.05) is 30.3 Å². The third-order valence-corrected chi connectivity index (χ3v) is 3.05. The first kappa shape index (κ1) is 10.7. The van der Waals surface area contributed by atoms with Crippen LogP contribution in [0.5, 0.6) is 0 Å². The van der Waals surface area contributed by atoms with E-state index < -0.39 is 0 Å². The first-order valence-corrected chi connectivity index (χ1v) is 5.74. The number of nitrogens with zero attached hydrogens (tertiary/aromatic N) is 1. The minimum atomic E-state index is 0.374. The molecule has 82 valence electrons. The molecule has 1 saturated carbocycles. The van der Waals surface area contributed by atoms with Crippen molar-refractivity contribution in [3.8, 4) is 0 Å². The second kappa shape index (κ2) is 4.77. The lowest BCUT2D eigenvalue weighted by atomic mass is 10.1. The number of hydrogen-bond donors (Lipinski definition) is 1. The standard InChI is InChI=1S/C13H20N2/c1-15(10-13(14)12-7-8-12)9-11-5-3-2-4-6-11/h2-6,12-13H,7-10,14H2,1H3. The minimum Gasteiger partial charge on any atom is -0.326 e. The maximum Gasteiger partial charge on any atom is 0.0231 e. The summed E-state index contributed by atoms with van der Waals surface area (Å²) in [6.45, 7) is 2.01. The van der Waals surface area contributed by atoms with Gasteiger partial charge in [-0.15, -0.1) is 0 Å². The van der Waals surface area contributed by atoms with Gasteiger partial charge < -0.3 is 10.6 Å². The van der Waals surface area contributed by atoms with E-state index in [1.54, 1.807) is 0 Å². The van der Waals surface area contributed by atoms with Gasteiger partial charge in [0.25, 0.3) is 0 Å². The third-order valence-electron chi connectivity index (χ3n) is 3.05. The monoisotopic (exact) mass is 204 g/mol. The highest BCUT2D eigenvalue weighted by molar-refractivity contribution is 5.14. The Hall–Kier alpha value is -0.860. The molecule has 1 aromatic rings. The van der Waals surface area contributed by atoms with E-state index in [1.807, 2.05) is 0 Å². The van der Waals surface area contributed by atoms with Crippen LogP contribution in [0.3, 0.4) is 0 Å². The molecule has 0 saturated heterocycles. The summed E-state index contributed by atoms with van der Waals surface area (Å²) in [4.78, 5) is 2.32. The Balaban J connectivity index is 1.79. The highest BCUT2D eigenvalue weighted by Gasteiger charge is 2.28. The van der Waals surface area contributed by atoms with Crippen LogP contribution in [0.25, 0.3) is 0 Å². The lowest BCUT2D eigenvalue weighted by molar-refractivity contribution is 0.292. The smallest absolute Gasteiger partial charge is 0.0231 e.